The maximum absolute atomic E-state index is 11.9. The standard InChI is InChI=1S/C11H14O7S2/c1-2-3-6-18-20(16,17)11-7-10(19(13,14)15)5-4-9(11)8-12/h4-5,7-8H,2-3,6H2,1H3,(H,13,14,15). The quantitative estimate of drug-likeness (QED) is 0.347. The van der Waals surface area contributed by atoms with E-state index in [1.54, 1.807) is 0 Å². The smallest absolute Gasteiger partial charge is 0.297 e. The highest BCUT2D eigenvalue weighted by atomic mass is 32.2. The number of carbonyl (C=O) groups is 1. The van der Waals surface area contributed by atoms with Gasteiger partial charge in [-0.05, 0) is 24.6 Å². The average Bonchev–Trinajstić information content (AvgIpc) is 2.37. The fourth-order valence-corrected chi connectivity index (χ4v) is 3.09. The van der Waals surface area contributed by atoms with E-state index >= 15 is 0 Å². The molecule has 1 rings (SSSR count). The fraction of sp³-hybridized carbons (Fsp3) is 0.364. The Morgan fingerprint density at radius 2 is 1.90 bits per heavy atom. The molecule has 0 aliphatic rings. The van der Waals surface area contributed by atoms with E-state index in [1.165, 1.54) is 0 Å². The van der Waals surface area contributed by atoms with Crippen molar-refractivity contribution in [2.75, 3.05) is 6.61 Å². The van der Waals surface area contributed by atoms with Gasteiger partial charge in [-0.15, -0.1) is 0 Å². The number of unbranched alkanes of at least 4 members (excludes halogenated alkanes) is 1. The van der Waals surface area contributed by atoms with E-state index in [4.69, 9.17) is 8.74 Å². The van der Waals surface area contributed by atoms with Crippen molar-refractivity contribution in [3.05, 3.63) is 23.8 Å². The van der Waals surface area contributed by atoms with Crippen LogP contribution in [-0.2, 0) is 24.4 Å². The first-order valence-electron chi connectivity index (χ1n) is 5.68. The number of hydrogen-bond donors (Lipinski definition) is 1. The summed E-state index contributed by atoms with van der Waals surface area (Å²) in [6, 6.07) is 2.62. The molecule has 0 fully saturated rings. The first kappa shape index (κ1) is 16.8. The van der Waals surface area contributed by atoms with Crippen molar-refractivity contribution in [1.82, 2.24) is 0 Å². The predicted molar refractivity (Wildman–Crippen MR) is 69.7 cm³/mol. The summed E-state index contributed by atoms with van der Waals surface area (Å²) in [7, 11) is -8.84. The Morgan fingerprint density at radius 3 is 2.40 bits per heavy atom. The maximum atomic E-state index is 11.9. The van der Waals surface area contributed by atoms with Crippen LogP contribution in [0.4, 0.5) is 0 Å². The monoisotopic (exact) mass is 322 g/mol. The van der Waals surface area contributed by atoms with Crippen molar-refractivity contribution >= 4 is 26.5 Å². The van der Waals surface area contributed by atoms with Crippen LogP contribution in [-0.4, -0.2) is 34.3 Å². The Bertz CT molecular complexity index is 689. The number of rotatable bonds is 7. The van der Waals surface area contributed by atoms with Gasteiger partial charge >= 0.3 is 0 Å². The van der Waals surface area contributed by atoms with Crippen LogP contribution in [0.3, 0.4) is 0 Å². The van der Waals surface area contributed by atoms with Crippen LogP contribution >= 0.6 is 0 Å². The molecule has 0 atom stereocenters. The van der Waals surface area contributed by atoms with Gasteiger partial charge in [-0.1, -0.05) is 13.3 Å². The van der Waals surface area contributed by atoms with Gasteiger partial charge in [-0.25, -0.2) is 0 Å². The van der Waals surface area contributed by atoms with E-state index in [-0.39, 0.29) is 18.5 Å². The number of carbonyl (C=O) groups excluding carboxylic acids is 1. The van der Waals surface area contributed by atoms with Gasteiger partial charge in [0.2, 0.25) is 0 Å². The number of benzene rings is 1. The molecular formula is C11H14O7S2. The van der Waals surface area contributed by atoms with Crippen LogP contribution in [0.25, 0.3) is 0 Å². The number of hydrogen-bond acceptors (Lipinski definition) is 6. The first-order valence-corrected chi connectivity index (χ1v) is 8.53. The minimum Gasteiger partial charge on any atom is -0.298 e. The summed E-state index contributed by atoms with van der Waals surface area (Å²) in [6.45, 7) is 1.76. The van der Waals surface area contributed by atoms with E-state index in [2.05, 4.69) is 0 Å². The molecule has 0 amide bonds. The zero-order chi connectivity index (χ0) is 15.4. The summed E-state index contributed by atoms with van der Waals surface area (Å²) in [5.41, 5.74) is -0.242. The molecule has 0 unspecified atom stereocenters. The maximum Gasteiger partial charge on any atom is 0.297 e. The van der Waals surface area contributed by atoms with E-state index in [9.17, 15) is 21.6 Å². The average molecular weight is 322 g/mol. The molecule has 112 valence electrons. The van der Waals surface area contributed by atoms with Gasteiger partial charge < -0.3 is 0 Å². The lowest BCUT2D eigenvalue weighted by atomic mass is 10.2. The van der Waals surface area contributed by atoms with Crippen LogP contribution in [0.15, 0.2) is 28.0 Å². The van der Waals surface area contributed by atoms with E-state index < -0.39 is 30.0 Å². The van der Waals surface area contributed by atoms with Crippen molar-refractivity contribution in [3.8, 4) is 0 Å². The second kappa shape index (κ2) is 6.44. The second-order valence-corrected chi connectivity index (χ2v) is 6.93. The van der Waals surface area contributed by atoms with Crippen LogP contribution in [0.2, 0.25) is 0 Å². The van der Waals surface area contributed by atoms with Gasteiger partial charge in [0.15, 0.2) is 6.29 Å². The molecule has 0 aromatic heterocycles. The van der Waals surface area contributed by atoms with Gasteiger partial charge in [0.25, 0.3) is 20.2 Å². The predicted octanol–water partition coefficient (Wildman–Crippen LogP) is 1.25. The molecule has 0 heterocycles. The summed E-state index contributed by atoms with van der Waals surface area (Å²) in [6.07, 6.45) is 1.47. The molecule has 0 radical (unpaired) electrons. The molecule has 7 nitrogen and oxygen atoms in total. The van der Waals surface area contributed by atoms with Gasteiger partial charge in [0, 0.05) is 5.56 Å². The molecule has 0 saturated carbocycles. The van der Waals surface area contributed by atoms with E-state index in [1.807, 2.05) is 6.92 Å². The topological polar surface area (TPSA) is 115 Å². The highest BCUT2D eigenvalue weighted by Crippen LogP contribution is 2.21. The summed E-state index contributed by atoms with van der Waals surface area (Å²) < 4.78 is 59.4. The van der Waals surface area contributed by atoms with Gasteiger partial charge in [-0.2, -0.15) is 16.8 Å². The summed E-state index contributed by atoms with van der Waals surface area (Å²) in [5, 5.41) is 0. The SMILES string of the molecule is CCCCOS(=O)(=O)c1cc(S(=O)(=O)O)ccc1C=O. The van der Waals surface area contributed by atoms with Crippen LogP contribution in [0, 0.1) is 0 Å². The summed E-state index contributed by atoms with van der Waals surface area (Å²) in [5.74, 6) is 0. The van der Waals surface area contributed by atoms with Gasteiger partial charge in [0.05, 0.1) is 11.5 Å². The van der Waals surface area contributed by atoms with Crippen molar-refractivity contribution < 1.29 is 30.4 Å². The Kier molecular flexibility index (Phi) is 5.40. The Labute approximate surface area is 117 Å². The van der Waals surface area contributed by atoms with Crippen LogP contribution in [0.1, 0.15) is 30.1 Å². The summed E-state index contributed by atoms with van der Waals surface area (Å²) in [4.78, 5) is 9.62. The number of aldehydes is 1. The van der Waals surface area contributed by atoms with E-state index in [0.29, 0.717) is 18.9 Å². The second-order valence-electron chi connectivity index (χ2n) is 3.92. The first-order chi connectivity index (χ1) is 9.22. The summed E-state index contributed by atoms with van der Waals surface area (Å²) >= 11 is 0. The third-order valence-corrected chi connectivity index (χ3v) is 4.63. The normalized spacial score (nSPS) is 12.3. The lowest BCUT2D eigenvalue weighted by Crippen LogP contribution is -2.11. The molecule has 20 heavy (non-hydrogen) atoms. The van der Waals surface area contributed by atoms with Crippen LogP contribution in [0.5, 0.6) is 0 Å². The van der Waals surface area contributed by atoms with Crippen molar-refractivity contribution in [3.63, 3.8) is 0 Å². The minimum atomic E-state index is -4.57. The minimum absolute atomic E-state index is 0.0762. The lowest BCUT2D eigenvalue weighted by Gasteiger charge is -2.08. The van der Waals surface area contributed by atoms with Crippen LogP contribution < -0.4 is 0 Å². The molecule has 0 aliphatic carbocycles. The van der Waals surface area contributed by atoms with E-state index in [0.717, 1.165) is 12.1 Å². The molecule has 0 aliphatic heterocycles. The highest BCUT2D eigenvalue weighted by Gasteiger charge is 2.22. The third-order valence-electron chi connectivity index (χ3n) is 2.42. The molecule has 1 aromatic carbocycles. The molecule has 0 saturated heterocycles. The Morgan fingerprint density at radius 1 is 1.25 bits per heavy atom. The largest absolute Gasteiger partial charge is 0.298 e. The van der Waals surface area contributed by atoms with Crippen molar-refractivity contribution in [2.24, 2.45) is 0 Å². The van der Waals surface area contributed by atoms with Gasteiger partial charge in [0.1, 0.15) is 4.90 Å². The third kappa shape index (κ3) is 4.10. The molecule has 9 heteroatoms. The van der Waals surface area contributed by atoms with Crippen molar-refractivity contribution in [1.29, 1.82) is 0 Å². The zero-order valence-electron chi connectivity index (χ0n) is 10.6. The highest BCUT2D eigenvalue weighted by molar-refractivity contribution is 7.87. The molecule has 0 bridgehead atoms. The zero-order valence-corrected chi connectivity index (χ0v) is 12.3. The fourth-order valence-electron chi connectivity index (χ4n) is 1.37. The molecular weight excluding hydrogens is 308 g/mol. The van der Waals surface area contributed by atoms with Crippen molar-refractivity contribution in [2.45, 2.75) is 29.6 Å². The Hall–Kier alpha value is -1.29. The van der Waals surface area contributed by atoms with Gasteiger partial charge in [-0.3, -0.25) is 13.5 Å². The Balaban J connectivity index is 3.30. The molecule has 0 spiro atoms. The molecule has 1 N–H and O–H groups in total. The molecule has 1 aromatic rings. The lowest BCUT2D eigenvalue weighted by molar-refractivity contribution is 0.111.